The van der Waals surface area contributed by atoms with E-state index in [-0.39, 0.29) is 12.1 Å². The van der Waals surface area contributed by atoms with Crippen LogP contribution < -0.4 is 10.2 Å². The number of rotatable bonds is 12. The molecule has 2 heterocycles. The van der Waals surface area contributed by atoms with Gasteiger partial charge in [0.15, 0.2) is 17.0 Å². The first kappa shape index (κ1) is 24.4. The van der Waals surface area contributed by atoms with Crippen molar-refractivity contribution in [3.8, 4) is 0 Å². The van der Waals surface area contributed by atoms with Gasteiger partial charge >= 0.3 is 5.97 Å². The molecule has 3 aromatic rings. The lowest BCUT2D eigenvalue weighted by Crippen LogP contribution is -2.34. The normalized spacial score (nSPS) is 11.6. The molecule has 3 rings (SSSR count). The predicted octanol–water partition coefficient (Wildman–Crippen LogP) is 4.29. The molecule has 0 spiro atoms. The zero-order valence-electron chi connectivity index (χ0n) is 19.9. The maximum absolute atomic E-state index is 11.4. The number of carbonyl (C=O) groups is 1. The maximum Gasteiger partial charge on any atom is 0.323 e. The average molecular weight is 455 g/mol. The van der Waals surface area contributed by atoms with Crippen LogP contribution in [0.1, 0.15) is 52.5 Å². The van der Waals surface area contributed by atoms with Gasteiger partial charge in [-0.05, 0) is 32.8 Å². The Morgan fingerprint density at radius 2 is 1.94 bits per heavy atom. The summed E-state index contributed by atoms with van der Waals surface area (Å²) in [7, 11) is 0. The molecule has 2 N–H and O–H groups in total. The number of carboxylic acids is 1. The third-order valence-electron chi connectivity index (χ3n) is 5.03. The van der Waals surface area contributed by atoms with Crippen molar-refractivity contribution < 1.29 is 14.6 Å². The summed E-state index contributed by atoms with van der Waals surface area (Å²) < 4.78 is 7.58. The molecule has 0 aliphatic rings. The van der Waals surface area contributed by atoms with E-state index in [4.69, 9.17) is 14.7 Å². The number of nitrogens with zero attached hydrogens (tertiary/aromatic N) is 5. The van der Waals surface area contributed by atoms with Gasteiger partial charge < -0.3 is 24.6 Å². The molecule has 9 nitrogen and oxygen atoms in total. The molecule has 0 amide bonds. The standard InChI is InChI=1S/C24H34N6O3/c1-5-6-10-13-29(17-33-24(2,3)4)23-27-21(25-14-18-11-8-7-9-12-18)20-22(28-23)30(16-26-20)15-19(31)32/h7-9,11-12,16H,5-6,10,13-15,17H2,1-4H3,(H,31,32)(H,25,27,28). The first-order valence-corrected chi connectivity index (χ1v) is 11.4. The van der Waals surface area contributed by atoms with Gasteiger partial charge in [-0.3, -0.25) is 4.79 Å². The molecule has 0 unspecified atom stereocenters. The molecule has 1 aromatic carbocycles. The molecule has 0 aliphatic heterocycles. The van der Waals surface area contributed by atoms with E-state index in [2.05, 4.69) is 17.2 Å². The summed E-state index contributed by atoms with van der Waals surface area (Å²) in [5.41, 5.74) is 1.81. The van der Waals surface area contributed by atoms with Crippen molar-refractivity contribution in [3.05, 3.63) is 42.2 Å². The van der Waals surface area contributed by atoms with Crippen LogP contribution in [0.3, 0.4) is 0 Å². The van der Waals surface area contributed by atoms with Crippen molar-refractivity contribution >= 4 is 28.9 Å². The largest absolute Gasteiger partial charge is 0.480 e. The topological polar surface area (TPSA) is 105 Å². The molecule has 0 aliphatic carbocycles. The number of hydrogen-bond donors (Lipinski definition) is 2. The smallest absolute Gasteiger partial charge is 0.323 e. The zero-order chi connectivity index (χ0) is 23.8. The highest BCUT2D eigenvalue weighted by atomic mass is 16.5. The Morgan fingerprint density at radius 3 is 2.61 bits per heavy atom. The fraction of sp³-hybridized carbons (Fsp3) is 0.500. The Labute approximate surface area is 194 Å². The third-order valence-corrected chi connectivity index (χ3v) is 5.03. The van der Waals surface area contributed by atoms with Crippen LogP contribution in [0.25, 0.3) is 11.2 Å². The Morgan fingerprint density at radius 1 is 1.18 bits per heavy atom. The Kier molecular flexibility index (Phi) is 8.21. The predicted molar refractivity (Wildman–Crippen MR) is 129 cm³/mol. The Balaban J connectivity index is 1.98. The number of imidazole rings is 1. The Hall–Kier alpha value is -3.20. The van der Waals surface area contributed by atoms with Crippen molar-refractivity contribution in [2.45, 2.75) is 65.6 Å². The number of carboxylic acid groups (broad SMARTS) is 1. The quantitative estimate of drug-likeness (QED) is 0.308. The molecule has 33 heavy (non-hydrogen) atoms. The molecule has 2 aromatic heterocycles. The minimum Gasteiger partial charge on any atom is -0.480 e. The van der Waals surface area contributed by atoms with E-state index >= 15 is 0 Å². The van der Waals surface area contributed by atoms with E-state index in [0.717, 1.165) is 31.4 Å². The number of aromatic nitrogens is 4. The summed E-state index contributed by atoms with van der Waals surface area (Å²) in [6.45, 7) is 9.60. The molecule has 0 saturated carbocycles. The second-order valence-electron chi connectivity index (χ2n) is 9.01. The monoisotopic (exact) mass is 454 g/mol. The van der Waals surface area contributed by atoms with Crippen molar-refractivity contribution in [2.24, 2.45) is 0 Å². The van der Waals surface area contributed by atoms with E-state index in [1.165, 1.54) is 10.9 Å². The molecule has 178 valence electrons. The first-order valence-electron chi connectivity index (χ1n) is 11.4. The van der Waals surface area contributed by atoms with E-state index in [9.17, 15) is 9.90 Å². The summed E-state index contributed by atoms with van der Waals surface area (Å²) in [6, 6.07) is 10.0. The van der Waals surface area contributed by atoms with Gasteiger partial charge in [0.05, 0.1) is 11.9 Å². The van der Waals surface area contributed by atoms with Crippen LogP contribution in [-0.4, -0.2) is 49.5 Å². The Bertz CT molecular complexity index is 1050. The fourth-order valence-corrected chi connectivity index (χ4v) is 3.29. The molecule has 9 heteroatoms. The second-order valence-corrected chi connectivity index (χ2v) is 9.01. The number of aliphatic carboxylic acids is 1. The number of fused-ring (bicyclic) bond motifs is 1. The lowest BCUT2D eigenvalue weighted by molar-refractivity contribution is -0.137. The van der Waals surface area contributed by atoms with Gasteiger partial charge in [-0.2, -0.15) is 9.97 Å². The lowest BCUT2D eigenvalue weighted by atomic mass is 10.2. The molecule has 0 atom stereocenters. The van der Waals surface area contributed by atoms with E-state index < -0.39 is 5.97 Å². The van der Waals surface area contributed by atoms with Gasteiger partial charge in [0, 0.05) is 13.1 Å². The zero-order valence-corrected chi connectivity index (χ0v) is 19.9. The van der Waals surface area contributed by atoms with Gasteiger partial charge in [0.2, 0.25) is 5.95 Å². The highest BCUT2D eigenvalue weighted by molar-refractivity contribution is 5.85. The van der Waals surface area contributed by atoms with Crippen molar-refractivity contribution in [1.29, 1.82) is 0 Å². The van der Waals surface area contributed by atoms with Crippen LogP contribution in [-0.2, 0) is 22.6 Å². The van der Waals surface area contributed by atoms with E-state index in [1.54, 1.807) is 0 Å². The molecule has 0 saturated heterocycles. The minimum absolute atomic E-state index is 0.223. The van der Waals surface area contributed by atoms with E-state index in [0.29, 0.717) is 36.2 Å². The number of nitrogens with one attached hydrogen (secondary N) is 1. The molecule has 0 fully saturated rings. The van der Waals surface area contributed by atoms with Crippen LogP contribution in [0.15, 0.2) is 36.7 Å². The van der Waals surface area contributed by atoms with Crippen molar-refractivity contribution in [1.82, 2.24) is 19.5 Å². The summed E-state index contributed by atoms with van der Waals surface area (Å²) >= 11 is 0. The van der Waals surface area contributed by atoms with E-state index in [1.807, 2.05) is 56.0 Å². The minimum atomic E-state index is -0.955. The maximum atomic E-state index is 11.4. The average Bonchev–Trinajstić information content (AvgIpc) is 3.16. The second kappa shape index (κ2) is 11.1. The number of unbranched alkanes of at least 4 members (excludes halogenated alkanes) is 2. The highest BCUT2D eigenvalue weighted by Gasteiger charge is 2.20. The van der Waals surface area contributed by atoms with Gasteiger partial charge in [-0.15, -0.1) is 0 Å². The summed E-state index contributed by atoms with van der Waals surface area (Å²) in [4.78, 5) is 27.3. The molecule has 0 bridgehead atoms. The highest BCUT2D eigenvalue weighted by Crippen LogP contribution is 2.24. The summed E-state index contributed by atoms with van der Waals surface area (Å²) in [5, 5.41) is 12.7. The van der Waals surface area contributed by atoms with Crippen LogP contribution in [0, 0.1) is 0 Å². The third kappa shape index (κ3) is 7.15. The summed E-state index contributed by atoms with van der Waals surface area (Å²) in [6.07, 6.45) is 4.66. The molecular formula is C24H34N6O3. The van der Waals surface area contributed by atoms with Gasteiger partial charge in [-0.1, -0.05) is 50.1 Å². The number of ether oxygens (including phenoxy) is 1. The number of benzene rings is 1. The molecular weight excluding hydrogens is 420 g/mol. The molecule has 0 radical (unpaired) electrons. The fourth-order valence-electron chi connectivity index (χ4n) is 3.29. The van der Waals surface area contributed by atoms with Crippen LogP contribution in [0.2, 0.25) is 0 Å². The first-order chi connectivity index (χ1) is 15.8. The summed E-state index contributed by atoms with van der Waals surface area (Å²) in [5.74, 6) is 0.105. The lowest BCUT2D eigenvalue weighted by Gasteiger charge is -2.28. The number of hydrogen-bond acceptors (Lipinski definition) is 7. The van der Waals surface area contributed by atoms with Crippen molar-refractivity contribution in [2.75, 3.05) is 23.5 Å². The van der Waals surface area contributed by atoms with Gasteiger partial charge in [-0.25, -0.2) is 4.98 Å². The SMILES string of the molecule is CCCCCN(COC(C)(C)C)c1nc(NCc2ccccc2)c2ncn(CC(=O)O)c2n1. The van der Waals surface area contributed by atoms with Gasteiger partial charge in [0.1, 0.15) is 13.3 Å². The van der Waals surface area contributed by atoms with Crippen LogP contribution >= 0.6 is 0 Å². The van der Waals surface area contributed by atoms with Crippen molar-refractivity contribution in [3.63, 3.8) is 0 Å². The van der Waals surface area contributed by atoms with Gasteiger partial charge in [0.25, 0.3) is 0 Å². The van der Waals surface area contributed by atoms with Crippen LogP contribution in [0.4, 0.5) is 11.8 Å². The van der Waals surface area contributed by atoms with Crippen LogP contribution in [0.5, 0.6) is 0 Å². The number of anilines is 2.